The van der Waals surface area contributed by atoms with Crippen molar-refractivity contribution in [3.8, 4) is 0 Å². The summed E-state index contributed by atoms with van der Waals surface area (Å²) in [7, 11) is -7.50. The molecule has 12 heteroatoms. The van der Waals surface area contributed by atoms with E-state index < -0.39 is 20.0 Å². The van der Waals surface area contributed by atoms with Gasteiger partial charge in [0.1, 0.15) is 4.90 Å². The Hall–Kier alpha value is -2.18. The van der Waals surface area contributed by atoms with Crippen LogP contribution in [-0.4, -0.2) is 71.2 Å². The van der Waals surface area contributed by atoms with E-state index in [1.54, 1.807) is 29.2 Å². The lowest BCUT2D eigenvalue weighted by Crippen LogP contribution is -2.52. The van der Waals surface area contributed by atoms with E-state index in [9.17, 15) is 21.6 Å². The average molecular weight is 499 g/mol. The van der Waals surface area contributed by atoms with Gasteiger partial charge in [-0.25, -0.2) is 22.0 Å². The van der Waals surface area contributed by atoms with Crippen LogP contribution >= 0.6 is 11.6 Å². The Morgan fingerprint density at radius 2 is 1.66 bits per heavy atom. The van der Waals surface area contributed by atoms with E-state index in [2.05, 4.69) is 0 Å². The van der Waals surface area contributed by atoms with Crippen LogP contribution in [0.15, 0.2) is 52.3 Å². The second-order valence-electron chi connectivity index (χ2n) is 7.72. The van der Waals surface area contributed by atoms with Crippen molar-refractivity contribution in [2.45, 2.75) is 16.2 Å². The molecule has 1 saturated heterocycles. The van der Waals surface area contributed by atoms with E-state index in [0.29, 0.717) is 13.0 Å². The van der Waals surface area contributed by atoms with Gasteiger partial charge in [0.05, 0.1) is 16.5 Å². The van der Waals surface area contributed by atoms with Gasteiger partial charge in [0, 0.05) is 38.4 Å². The number of piperazine rings is 1. The smallest absolute Gasteiger partial charge is 0.244 e. The highest BCUT2D eigenvalue weighted by Crippen LogP contribution is 2.30. The highest BCUT2D eigenvalue weighted by Gasteiger charge is 2.32. The van der Waals surface area contributed by atoms with Gasteiger partial charge in [0.2, 0.25) is 26.0 Å². The molecule has 0 unspecified atom stereocenters. The van der Waals surface area contributed by atoms with E-state index in [4.69, 9.17) is 16.7 Å². The number of nitrogens with zero attached hydrogens (tertiary/aromatic N) is 3. The zero-order chi connectivity index (χ0) is 23.1. The van der Waals surface area contributed by atoms with E-state index in [-0.39, 0.29) is 53.4 Å². The minimum atomic E-state index is -3.78. The molecule has 2 N–H and O–H groups in total. The Morgan fingerprint density at radius 1 is 0.969 bits per heavy atom. The van der Waals surface area contributed by atoms with Crippen molar-refractivity contribution in [2.75, 3.05) is 44.2 Å². The molecule has 2 aromatic rings. The molecule has 1 fully saturated rings. The van der Waals surface area contributed by atoms with Crippen molar-refractivity contribution >= 4 is 43.2 Å². The molecule has 0 aromatic heterocycles. The summed E-state index contributed by atoms with van der Waals surface area (Å²) in [6.45, 7) is 1.68. The molecule has 172 valence electrons. The Kier molecular flexibility index (Phi) is 6.21. The standard InChI is InChI=1S/C20H23ClN4O5S2/c21-17-3-1-2-4-19(17)32(29,30)25-11-9-23(10-12-25)20(26)14-24-8-7-15-13-16(31(22,27)28)5-6-18(15)24/h1-6,13H,7-12,14H2,(H2,22,27,28). The van der Waals surface area contributed by atoms with Crippen LogP contribution < -0.4 is 10.0 Å². The highest BCUT2D eigenvalue weighted by atomic mass is 35.5. The molecule has 2 aromatic carbocycles. The molecule has 2 heterocycles. The Morgan fingerprint density at radius 3 is 2.31 bits per heavy atom. The monoisotopic (exact) mass is 498 g/mol. The third-order valence-electron chi connectivity index (χ3n) is 5.74. The first-order valence-corrected chi connectivity index (χ1v) is 13.4. The first kappa shape index (κ1) is 23.0. The fourth-order valence-electron chi connectivity index (χ4n) is 4.02. The number of benzene rings is 2. The summed E-state index contributed by atoms with van der Waals surface area (Å²) < 4.78 is 50.2. The number of nitrogens with two attached hydrogens (primary N) is 1. The van der Waals surface area contributed by atoms with Crippen LogP contribution in [0.3, 0.4) is 0 Å². The molecule has 0 atom stereocenters. The van der Waals surface area contributed by atoms with Crippen LogP contribution in [0.5, 0.6) is 0 Å². The molecule has 0 radical (unpaired) electrons. The average Bonchev–Trinajstić information content (AvgIpc) is 3.15. The lowest BCUT2D eigenvalue weighted by molar-refractivity contribution is -0.130. The largest absolute Gasteiger partial charge is 0.362 e. The van der Waals surface area contributed by atoms with Gasteiger partial charge in [0.25, 0.3) is 0 Å². The number of carbonyl (C=O) groups is 1. The Labute approximate surface area is 192 Å². The quantitative estimate of drug-likeness (QED) is 0.653. The van der Waals surface area contributed by atoms with Gasteiger partial charge < -0.3 is 9.80 Å². The molecular formula is C20H23ClN4O5S2. The number of primary sulfonamides is 1. The second-order valence-corrected chi connectivity index (χ2v) is 11.6. The van der Waals surface area contributed by atoms with Crippen molar-refractivity contribution < 1.29 is 21.6 Å². The van der Waals surface area contributed by atoms with Crippen LogP contribution in [0.1, 0.15) is 5.56 Å². The van der Waals surface area contributed by atoms with E-state index >= 15 is 0 Å². The van der Waals surface area contributed by atoms with Gasteiger partial charge in [-0.2, -0.15) is 4.31 Å². The molecule has 2 aliphatic heterocycles. The maximum Gasteiger partial charge on any atom is 0.244 e. The van der Waals surface area contributed by atoms with E-state index in [0.717, 1.165) is 11.3 Å². The van der Waals surface area contributed by atoms with Crippen LogP contribution in [-0.2, 0) is 31.3 Å². The van der Waals surface area contributed by atoms with Crippen molar-refractivity contribution in [1.82, 2.24) is 9.21 Å². The fourth-order valence-corrected chi connectivity index (χ4v) is 6.50. The maximum atomic E-state index is 12.9. The number of halogens is 1. The molecule has 0 spiro atoms. The second kappa shape index (κ2) is 8.64. The topological polar surface area (TPSA) is 121 Å². The molecule has 0 aliphatic carbocycles. The summed E-state index contributed by atoms with van der Waals surface area (Å²) in [5.41, 5.74) is 1.64. The predicted octanol–water partition coefficient (Wildman–Crippen LogP) is 0.883. The molecule has 2 aliphatic rings. The molecule has 0 bridgehead atoms. The number of sulfonamides is 2. The normalized spacial score (nSPS) is 17.4. The van der Waals surface area contributed by atoms with Crippen LogP contribution in [0.25, 0.3) is 0 Å². The summed E-state index contributed by atoms with van der Waals surface area (Å²) in [5.74, 6) is -0.108. The minimum Gasteiger partial charge on any atom is -0.362 e. The van der Waals surface area contributed by atoms with Gasteiger partial charge >= 0.3 is 0 Å². The summed E-state index contributed by atoms with van der Waals surface area (Å²) in [6.07, 6.45) is 0.621. The van der Waals surface area contributed by atoms with E-state index in [1.165, 1.54) is 22.5 Å². The van der Waals surface area contributed by atoms with Crippen molar-refractivity contribution in [1.29, 1.82) is 0 Å². The van der Waals surface area contributed by atoms with E-state index in [1.807, 2.05) is 4.90 Å². The third kappa shape index (κ3) is 4.48. The van der Waals surface area contributed by atoms with Gasteiger partial charge in [-0.1, -0.05) is 23.7 Å². The van der Waals surface area contributed by atoms with Gasteiger partial charge in [-0.3, -0.25) is 4.79 Å². The fraction of sp³-hybridized carbons (Fsp3) is 0.350. The SMILES string of the molecule is NS(=O)(=O)c1ccc2c(c1)CCN2CC(=O)N1CCN(S(=O)(=O)c2ccccc2Cl)CC1. The summed E-state index contributed by atoms with van der Waals surface area (Å²) in [5, 5.41) is 5.37. The molecule has 4 rings (SSSR count). The Bertz CT molecular complexity index is 1260. The molecule has 1 amide bonds. The predicted molar refractivity (Wildman–Crippen MR) is 121 cm³/mol. The highest BCUT2D eigenvalue weighted by molar-refractivity contribution is 7.89. The van der Waals surface area contributed by atoms with Crippen molar-refractivity contribution in [2.24, 2.45) is 5.14 Å². The van der Waals surface area contributed by atoms with Crippen LogP contribution in [0.2, 0.25) is 5.02 Å². The summed E-state index contributed by atoms with van der Waals surface area (Å²) in [4.78, 5) is 16.5. The van der Waals surface area contributed by atoms with Crippen LogP contribution in [0.4, 0.5) is 5.69 Å². The molecular weight excluding hydrogens is 476 g/mol. The number of rotatable bonds is 5. The number of anilines is 1. The minimum absolute atomic E-state index is 0.0558. The number of hydrogen-bond donors (Lipinski definition) is 1. The van der Waals surface area contributed by atoms with Crippen molar-refractivity contribution in [3.05, 3.63) is 53.1 Å². The van der Waals surface area contributed by atoms with Gasteiger partial charge in [-0.05, 0) is 42.3 Å². The zero-order valence-corrected chi connectivity index (χ0v) is 19.5. The third-order valence-corrected chi connectivity index (χ3v) is 9.05. The first-order chi connectivity index (χ1) is 15.1. The van der Waals surface area contributed by atoms with Gasteiger partial charge in [0.15, 0.2) is 0 Å². The number of amides is 1. The first-order valence-electron chi connectivity index (χ1n) is 10.0. The molecule has 9 nitrogen and oxygen atoms in total. The lowest BCUT2D eigenvalue weighted by Gasteiger charge is -2.35. The zero-order valence-electron chi connectivity index (χ0n) is 17.1. The number of carbonyl (C=O) groups excluding carboxylic acids is 1. The summed E-state index contributed by atoms with van der Waals surface area (Å²) in [6, 6.07) is 11.0. The number of hydrogen-bond acceptors (Lipinski definition) is 6. The summed E-state index contributed by atoms with van der Waals surface area (Å²) >= 11 is 6.06. The van der Waals surface area contributed by atoms with Crippen molar-refractivity contribution in [3.63, 3.8) is 0 Å². The molecule has 0 saturated carbocycles. The molecule has 32 heavy (non-hydrogen) atoms. The maximum absolute atomic E-state index is 12.9. The van der Waals surface area contributed by atoms with Crippen LogP contribution in [0, 0.1) is 0 Å². The Balaban J connectivity index is 1.39. The number of fused-ring (bicyclic) bond motifs is 1. The van der Waals surface area contributed by atoms with Gasteiger partial charge in [-0.15, -0.1) is 0 Å². The lowest BCUT2D eigenvalue weighted by atomic mass is 10.2.